The summed E-state index contributed by atoms with van der Waals surface area (Å²) in [7, 11) is 0. The smallest absolute Gasteiger partial charge is 0.0947 e. The number of hydrogen-bond acceptors (Lipinski definition) is 4. The second-order valence-corrected chi connectivity index (χ2v) is 6.06. The van der Waals surface area contributed by atoms with E-state index in [4.69, 9.17) is 5.84 Å². The van der Waals surface area contributed by atoms with Crippen molar-refractivity contribution in [3.8, 4) is 0 Å². The summed E-state index contributed by atoms with van der Waals surface area (Å²) in [4.78, 5) is 4.49. The van der Waals surface area contributed by atoms with Crippen LogP contribution in [0.3, 0.4) is 0 Å². The van der Waals surface area contributed by atoms with Gasteiger partial charge in [0, 0.05) is 22.0 Å². The Bertz CT molecular complexity index is 539. The molecule has 1 unspecified atom stereocenters. The zero-order valence-electron chi connectivity index (χ0n) is 10.4. The van der Waals surface area contributed by atoms with Crippen molar-refractivity contribution in [2.45, 2.75) is 26.3 Å². The highest BCUT2D eigenvalue weighted by molar-refractivity contribution is 9.10. The minimum Gasteiger partial charge on any atom is -0.271 e. The summed E-state index contributed by atoms with van der Waals surface area (Å²) in [6, 6.07) is 6.27. The predicted octanol–water partition coefficient (Wildman–Crippen LogP) is 3.27. The van der Waals surface area contributed by atoms with Crippen LogP contribution in [0.1, 0.15) is 27.9 Å². The number of halogens is 1. The van der Waals surface area contributed by atoms with Gasteiger partial charge in [-0.3, -0.25) is 11.3 Å². The van der Waals surface area contributed by atoms with Crippen LogP contribution in [0.2, 0.25) is 0 Å². The maximum atomic E-state index is 5.69. The van der Waals surface area contributed by atoms with E-state index < -0.39 is 0 Å². The van der Waals surface area contributed by atoms with Gasteiger partial charge in [0.25, 0.3) is 0 Å². The molecule has 0 bridgehead atoms. The Kier molecular flexibility index (Phi) is 4.50. The highest BCUT2D eigenvalue weighted by Gasteiger charge is 2.15. The lowest BCUT2D eigenvalue weighted by Gasteiger charge is -2.18. The molecule has 5 heteroatoms. The van der Waals surface area contributed by atoms with Gasteiger partial charge in [0.2, 0.25) is 0 Å². The Morgan fingerprint density at radius 1 is 1.44 bits per heavy atom. The molecule has 2 aromatic rings. The van der Waals surface area contributed by atoms with Crippen molar-refractivity contribution in [1.29, 1.82) is 0 Å². The van der Waals surface area contributed by atoms with E-state index >= 15 is 0 Å². The van der Waals surface area contributed by atoms with Crippen molar-refractivity contribution in [2.75, 3.05) is 0 Å². The lowest BCUT2D eigenvalue weighted by Crippen LogP contribution is -2.30. The molecule has 2 rings (SSSR count). The van der Waals surface area contributed by atoms with Gasteiger partial charge in [-0.05, 0) is 31.0 Å². The number of nitrogens with one attached hydrogen (secondary N) is 1. The van der Waals surface area contributed by atoms with Crippen molar-refractivity contribution >= 4 is 27.3 Å². The Hall–Kier alpha value is -0.750. The van der Waals surface area contributed by atoms with Crippen LogP contribution in [0.5, 0.6) is 0 Å². The highest BCUT2D eigenvalue weighted by atomic mass is 79.9. The van der Waals surface area contributed by atoms with Gasteiger partial charge in [-0.1, -0.05) is 28.1 Å². The van der Waals surface area contributed by atoms with Crippen LogP contribution in [-0.4, -0.2) is 4.98 Å². The molecule has 0 spiro atoms. The second kappa shape index (κ2) is 5.93. The molecular weight excluding hydrogens is 310 g/mol. The zero-order valence-corrected chi connectivity index (χ0v) is 12.8. The van der Waals surface area contributed by atoms with Gasteiger partial charge in [-0.15, -0.1) is 11.3 Å². The summed E-state index contributed by atoms with van der Waals surface area (Å²) in [6.45, 7) is 4.10. The van der Waals surface area contributed by atoms with E-state index in [9.17, 15) is 0 Å². The van der Waals surface area contributed by atoms with Gasteiger partial charge in [-0.2, -0.15) is 0 Å². The Morgan fingerprint density at radius 3 is 2.83 bits per heavy atom. The Balaban J connectivity index is 2.25. The molecule has 0 radical (unpaired) electrons. The topological polar surface area (TPSA) is 50.9 Å². The quantitative estimate of drug-likeness (QED) is 0.670. The molecule has 0 aliphatic rings. The van der Waals surface area contributed by atoms with Crippen LogP contribution >= 0.6 is 27.3 Å². The molecule has 0 saturated carbocycles. The highest BCUT2D eigenvalue weighted by Crippen LogP contribution is 2.27. The third kappa shape index (κ3) is 2.98. The molecule has 0 aliphatic carbocycles. The molecule has 3 N–H and O–H groups in total. The van der Waals surface area contributed by atoms with Crippen molar-refractivity contribution in [3.05, 3.63) is 49.9 Å². The second-order valence-electron chi connectivity index (χ2n) is 4.26. The summed E-state index contributed by atoms with van der Waals surface area (Å²) < 4.78 is 1.11. The fraction of sp³-hybridized carbons (Fsp3) is 0.308. The molecule has 18 heavy (non-hydrogen) atoms. The van der Waals surface area contributed by atoms with Crippen molar-refractivity contribution < 1.29 is 0 Å². The molecule has 1 atom stereocenters. The minimum atomic E-state index is 0.0908. The average molecular weight is 326 g/mol. The lowest BCUT2D eigenvalue weighted by atomic mass is 9.99. The number of benzene rings is 1. The monoisotopic (exact) mass is 325 g/mol. The summed E-state index contributed by atoms with van der Waals surface area (Å²) >= 11 is 5.23. The minimum absolute atomic E-state index is 0.0908. The van der Waals surface area contributed by atoms with Crippen LogP contribution in [-0.2, 0) is 6.42 Å². The molecule has 1 aromatic carbocycles. The lowest BCUT2D eigenvalue weighted by molar-refractivity contribution is 0.547. The van der Waals surface area contributed by atoms with Crippen LogP contribution < -0.4 is 11.3 Å². The first kappa shape index (κ1) is 13.7. The average Bonchev–Trinajstić information content (AvgIpc) is 2.76. The fourth-order valence-corrected chi connectivity index (χ4v) is 3.13. The standard InChI is InChI=1S/C13H16BrN3S/c1-8-7-18-13(16-8)6-12(17-15)10-4-3-5-11(14)9(10)2/h3-5,7,12,17H,6,15H2,1-2H3. The van der Waals surface area contributed by atoms with Gasteiger partial charge in [0.1, 0.15) is 0 Å². The number of rotatable bonds is 4. The third-order valence-corrected chi connectivity index (χ3v) is 4.78. The van der Waals surface area contributed by atoms with E-state index in [1.54, 1.807) is 11.3 Å². The summed E-state index contributed by atoms with van der Waals surface area (Å²) in [5.74, 6) is 5.69. The number of aromatic nitrogens is 1. The van der Waals surface area contributed by atoms with Crippen molar-refractivity contribution in [3.63, 3.8) is 0 Å². The molecule has 0 amide bonds. The zero-order chi connectivity index (χ0) is 13.1. The first-order chi connectivity index (χ1) is 8.61. The fourth-order valence-electron chi connectivity index (χ4n) is 1.93. The number of hydrogen-bond donors (Lipinski definition) is 2. The third-order valence-electron chi connectivity index (χ3n) is 2.93. The molecule has 0 fully saturated rings. The maximum Gasteiger partial charge on any atom is 0.0947 e. The summed E-state index contributed by atoms with van der Waals surface area (Å²) in [5, 5.41) is 3.17. The first-order valence-corrected chi connectivity index (χ1v) is 7.41. The Morgan fingerprint density at radius 2 is 2.22 bits per heavy atom. The molecule has 0 saturated heterocycles. The van der Waals surface area contributed by atoms with Gasteiger partial charge in [-0.25, -0.2) is 4.98 Å². The summed E-state index contributed by atoms with van der Waals surface area (Å²) in [5.41, 5.74) is 6.38. The van der Waals surface area contributed by atoms with Gasteiger partial charge in [0.05, 0.1) is 11.0 Å². The molecule has 0 aliphatic heterocycles. The van der Waals surface area contributed by atoms with Crippen LogP contribution in [0, 0.1) is 13.8 Å². The van der Waals surface area contributed by atoms with E-state index in [0.717, 1.165) is 21.6 Å². The maximum absolute atomic E-state index is 5.69. The SMILES string of the molecule is Cc1csc(CC(NN)c2cccc(Br)c2C)n1. The van der Waals surface area contributed by atoms with Crippen LogP contribution in [0.4, 0.5) is 0 Å². The van der Waals surface area contributed by atoms with E-state index in [1.165, 1.54) is 11.1 Å². The van der Waals surface area contributed by atoms with Gasteiger partial charge in [0.15, 0.2) is 0 Å². The number of hydrazine groups is 1. The predicted molar refractivity (Wildman–Crippen MR) is 79.5 cm³/mol. The van der Waals surface area contributed by atoms with Crippen molar-refractivity contribution in [2.24, 2.45) is 5.84 Å². The number of thiazole rings is 1. The van der Waals surface area contributed by atoms with E-state index in [1.807, 2.05) is 19.1 Å². The molecule has 3 nitrogen and oxygen atoms in total. The van der Waals surface area contributed by atoms with Crippen LogP contribution in [0.25, 0.3) is 0 Å². The molecular formula is C13H16BrN3S. The summed E-state index contributed by atoms with van der Waals surface area (Å²) in [6.07, 6.45) is 0.812. The number of nitrogens with two attached hydrogens (primary N) is 1. The normalized spacial score (nSPS) is 12.7. The number of nitrogens with zero attached hydrogens (tertiary/aromatic N) is 1. The van der Waals surface area contributed by atoms with E-state index in [-0.39, 0.29) is 6.04 Å². The van der Waals surface area contributed by atoms with Crippen molar-refractivity contribution in [1.82, 2.24) is 10.4 Å². The molecule has 1 heterocycles. The van der Waals surface area contributed by atoms with E-state index in [0.29, 0.717) is 0 Å². The van der Waals surface area contributed by atoms with Gasteiger partial charge < -0.3 is 0 Å². The molecule has 1 aromatic heterocycles. The van der Waals surface area contributed by atoms with Crippen LogP contribution in [0.15, 0.2) is 28.1 Å². The largest absolute Gasteiger partial charge is 0.271 e. The number of aryl methyl sites for hydroxylation is 1. The van der Waals surface area contributed by atoms with Gasteiger partial charge >= 0.3 is 0 Å². The Labute approximate surface area is 120 Å². The van der Waals surface area contributed by atoms with E-state index in [2.05, 4.69) is 44.7 Å². The molecule has 96 valence electrons. The first-order valence-electron chi connectivity index (χ1n) is 5.74.